The van der Waals surface area contributed by atoms with Crippen molar-refractivity contribution in [2.75, 3.05) is 0 Å². The molecular weight excluding hydrogens is 369 g/mol. The van der Waals surface area contributed by atoms with Crippen LogP contribution in [0.1, 0.15) is 11.1 Å². The van der Waals surface area contributed by atoms with Crippen molar-refractivity contribution in [1.29, 1.82) is 0 Å². The van der Waals surface area contributed by atoms with E-state index in [9.17, 15) is 17.6 Å². The lowest BCUT2D eigenvalue weighted by Gasteiger charge is -2.12. The molecule has 1 aliphatic rings. The van der Waals surface area contributed by atoms with Gasteiger partial charge in [-0.2, -0.15) is 0 Å². The fourth-order valence-corrected chi connectivity index (χ4v) is 3.12. The summed E-state index contributed by atoms with van der Waals surface area (Å²) in [5.41, 5.74) is 1.68. The summed E-state index contributed by atoms with van der Waals surface area (Å²) in [6, 6.07) is 9.67. The van der Waals surface area contributed by atoms with Crippen molar-refractivity contribution in [3.05, 3.63) is 82.3 Å². The number of rotatable bonds is 3. The Kier molecular flexibility index (Phi) is 4.47. The topological polar surface area (TPSA) is 86.5 Å². The molecule has 0 atom stereocenters. The zero-order valence-corrected chi connectivity index (χ0v) is 14.1. The van der Waals surface area contributed by atoms with E-state index < -0.39 is 21.8 Å². The molecular formula is C17H11ClFNO4S. The fourth-order valence-electron chi connectivity index (χ4n) is 2.42. The Morgan fingerprint density at radius 1 is 1.08 bits per heavy atom. The molecule has 0 radical (unpaired) electrons. The van der Waals surface area contributed by atoms with Crippen LogP contribution in [0.2, 0.25) is 5.02 Å². The third-order valence-electron chi connectivity index (χ3n) is 3.58. The summed E-state index contributed by atoms with van der Waals surface area (Å²) in [6.07, 6.45) is 2.71. The number of halogens is 2. The van der Waals surface area contributed by atoms with Crippen molar-refractivity contribution in [1.82, 2.24) is 0 Å². The maximum absolute atomic E-state index is 13.5. The summed E-state index contributed by atoms with van der Waals surface area (Å²) in [5, 5.41) is 4.99. The number of hydrogen-bond donors (Lipinski definition) is 1. The molecule has 8 heteroatoms. The second kappa shape index (κ2) is 6.44. The number of ether oxygens (including phenoxy) is 1. The van der Waals surface area contributed by atoms with Crippen LogP contribution in [0.15, 0.2) is 65.3 Å². The number of esters is 1. The van der Waals surface area contributed by atoms with Crippen LogP contribution in [-0.2, 0) is 19.6 Å². The van der Waals surface area contributed by atoms with Crippen molar-refractivity contribution in [3.63, 3.8) is 0 Å². The van der Waals surface area contributed by atoms with Gasteiger partial charge in [-0.1, -0.05) is 29.8 Å². The fraction of sp³-hybridized carbons (Fsp3) is 0. The molecule has 0 aromatic heterocycles. The highest BCUT2D eigenvalue weighted by Crippen LogP contribution is 2.32. The van der Waals surface area contributed by atoms with E-state index in [1.807, 2.05) is 0 Å². The summed E-state index contributed by atoms with van der Waals surface area (Å²) in [7, 11) is -3.84. The van der Waals surface area contributed by atoms with Crippen LogP contribution in [0, 0.1) is 5.82 Å². The first kappa shape index (κ1) is 17.3. The molecule has 5 nitrogen and oxygen atoms in total. The van der Waals surface area contributed by atoms with E-state index in [0.29, 0.717) is 16.7 Å². The van der Waals surface area contributed by atoms with Gasteiger partial charge in [0.1, 0.15) is 5.82 Å². The van der Waals surface area contributed by atoms with Crippen molar-refractivity contribution in [3.8, 4) is 0 Å². The van der Waals surface area contributed by atoms with Gasteiger partial charge in [0.2, 0.25) is 10.0 Å². The predicted octanol–water partition coefficient (Wildman–Crippen LogP) is 3.00. The molecule has 3 rings (SSSR count). The molecule has 2 N–H and O–H groups in total. The summed E-state index contributed by atoms with van der Waals surface area (Å²) in [4.78, 5) is 11.9. The summed E-state index contributed by atoms with van der Waals surface area (Å²) < 4.78 is 41.1. The van der Waals surface area contributed by atoms with E-state index >= 15 is 0 Å². The van der Waals surface area contributed by atoms with Crippen molar-refractivity contribution >= 4 is 33.2 Å². The second-order valence-electron chi connectivity index (χ2n) is 5.20. The zero-order valence-electron chi connectivity index (χ0n) is 12.6. The van der Waals surface area contributed by atoms with Crippen molar-refractivity contribution in [2.45, 2.75) is 4.90 Å². The van der Waals surface area contributed by atoms with Gasteiger partial charge >= 0.3 is 5.97 Å². The molecule has 0 unspecified atom stereocenters. The molecule has 2 aromatic carbocycles. The molecule has 25 heavy (non-hydrogen) atoms. The third-order valence-corrected chi connectivity index (χ3v) is 4.80. The largest absolute Gasteiger partial charge is 0.431 e. The number of benzene rings is 2. The Balaban J connectivity index is 2.21. The maximum Gasteiger partial charge on any atom is 0.343 e. The summed E-state index contributed by atoms with van der Waals surface area (Å²) in [6.45, 7) is 0. The Morgan fingerprint density at radius 2 is 1.72 bits per heavy atom. The highest BCUT2D eigenvalue weighted by molar-refractivity contribution is 7.89. The predicted molar refractivity (Wildman–Crippen MR) is 90.5 cm³/mol. The molecule has 1 heterocycles. The van der Waals surface area contributed by atoms with Crippen LogP contribution in [-0.4, -0.2) is 14.4 Å². The molecule has 0 saturated heterocycles. The number of nitrogens with two attached hydrogens (primary N) is 1. The number of hydrogen-bond acceptors (Lipinski definition) is 4. The standard InChI is InChI=1S/C17H11ClFNO4S/c18-14-9-11(3-6-15(14)19)16(13-7-8-24-17(13)21)10-1-4-12(5-2-10)25(20,22)23/h1-9H,(H2,20,22,23). The van der Waals surface area contributed by atoms with Crippen LogP contribution >= 0.6 is 11.6 Å². The lowest BCUT2D eigenvalue weighted by Crippen LogP contribution is -2.12. The van der Waals surface area contributed by atoms with E-state index in [1.165, 1.54) is 54.8 Å². The van der Waals surface area contributed by atoms with Crippen molar-refractivity contribution < 1.29 is 22.3 Å². The Labute approximate surface area is 148 Å². The minimum Gasteiger partial charge on any atom is -0.431 e. The normalized spacial score (nSPS) is 16.0. The van der Waals surface area contributed by atoms with Crippen LogP contribution in [0.5, 0.6) is 0 Å². The van der Waals surface area contributed by atoms with Gasteiger partial charge in [0.05, 0.1) is 21.8 Å². The third kappa shape index (κ3) is 3.48. The zero-order chi connectivity index (χ0) is 18.2. The number of carbonyl (C=O) groups excluding carboxylic acids is 1. The Bertz CT molecular complexity index is 1030. The lowest BCUT2D eigenvalue weighted by molar-refractivity contribution is -0.132. The van der Waals surface area contributed by atoms with E-state index in [2.05, 4.69) is 0 Å². The monoisotopic (exact) mass is 379 g/mol. The van der Waals surface area contributed by atoms with Gasteiger partial charge in [0, 0.05) is 5.57 Å². The Morgan fingerprint density at radius 3 is 2.24 bits per heavy atom. The minimum atomic E-state index is -3.84. The van der Waals surface area contributed by atoms with E-state index in [4.69, 9.17) is 21.5 Å². The van der Waals surface area contributed by atoms with Crippen LogP contribution in [0.3, 0.4) is 0 Å². The maximum atomic E-state index is 13.5. The first-order chi connectivity index (χ1) is 11.8. The molecule has 128 valence electrons. The molecule has 2 aromatic rings. The van der Waals surface area contributed by atoms with Gasteiger partial charge in [-0.05, 0) is 41.5 Å². The van der Waals surface area contributed by atoms with E-state index in [0.717, 1.165) is 0 Å². The van der Waals surface area contributed by atoms with Gasteiger partial charge in [-0.3, -0.25) is 0 Å². The highest BCUT2D eigenvalue weighted by Gasteiger charge is 2.22. The first-order valence-corrected chi connectivity index (χ1v) is 8.90. The molecule has 1 aliphatic heterocycles. The van der Waals surface area contributed by atoms with E-state index in [-0.39, 0.29) is 15.5 Å². The van der Waals surface area contributed by atoms with Gasteiger partial charge in [-0.25, -0.2) is 22.7 Å². The average molecular weight is 380 g/mol. The van der Waals surface area contributed by atoms with Crippen LogP contribution < -0.4 is 5.14 Å². The smallest absolute Gasteiger partial charge is 0.343 e. The van der Waals surface area contributed by atoms with Crippen molar-refractivity contribution in [2.24, 2.45) is 5.14 Å². The van der Waals surface area contributed by atoms with E-state index in [1.54, 1.807) is 0 Å². The number of primary sulfonamides is 1. The number of sulfonamides is 1. The second-order valence-corrected chi connectivity index (χ2v) is 7.16. The lowest BCUT2D eigenvalue weighted by atomic mass is 9.93. The number of cyclic esters (lactones) is 1. The summed E-state index contributed by atoms with van der Waals surface area (Å²) >= 11 is 5.85. The Hall–Kier alpha value is -2.48. The molecule has 0 amide bonds. The first-order valence-electron chi connectivity index (χ1n) is 6.98. The van der Waals surface area contributed by atoms with Crippen LogP contribution in [0.25, 0.3) is 5.57 Å². The molecule has 0 spiro atoms. The summed E-state index contributed by atoms with van der Waals surface area (Å²) in [5.74, 6) is -1.17. The molecule has 0 fully saturated rings. The molecule has 0 aliphatic carbocycles. The minimum absolute atomic E-state index is 0.0673. The molecule has 0 saturated carbocycles. The van der Waals surface area contributed by atoms with Gasteiger partial charge in [0.15, 0.2) is 0 Å². The van der Waals surface area contributed by atoms with Gasteiger partial charge in [-0.15, -0.1) is 0 Å². The highest BCUT2D eigenvalue weighted by atomic mass is 35.5. The SMILES string of the molecule is NS(=O)(=O)c1ccc(C(=C2C=COC2=O)c2ccc(F)c(Cl)c2)cc1. The van der Waals surface area contributed by atoms with Gasteiger partial charge in [0.25, 0.3) is 0 Å². The van der Waals surface area contributed by atoms with Gasteiger partial charge < -0.3 is 4.74 Å². The number of carbonyl (C=O) groups is 1. The average Bonchev–Trinajstić information content (AvgIpc) is 2.97. The quantitative estimate of drug-likeness (QED) is 0.656. The van der Waals surface area contributed by atoms with Crippen LogP contribution in [0.4, 0.5) is 4.39 Å². The molecule has 0 bridgehead atoms.